The molecule has 0 aromatic heterocycles. The molecule has 0 aliphatic carbocycles. The van der Waals surface area contributed by atoms with Crippen molar-refractivity contribution < 1.29 is 26.3 Å². The Kier molecular flexibility index (Phi) is 9.81. The van der Waals surface area contributed by atoms with Crippen LogP contribution >= 0.6 is 22.6 Å². The SMILES string of the molecule is CCNCCN(CCOC)S(=O)(=O)Nc1ccc(F)c(F)c1Nc1ccc(I)cc1F. The molecule has 3 N–H and O–H groups in total. The molecule has 0 saturated carbocycles. The molecule has 2 aromatic carbocycles. The molecule has 172 valence electrons. The van der Waals surface area contributed by atoms with E-state index in [9.17, 15) is 21.6 Å². The van der Waals surface area contributed by atoms with Crippen LogP contribution in [-0.4, -0.2) is 52.6 Å². The predicted octanol–water partition coefficient (Wildman–Crippen LogP) is 3.67. The molecule has 0 heterocycles. The highest BCUT2D eigenvalue weighted by atomic mass is 127. The molecule has 0 spiro atoms. The maximum Gasteiger partial charge on any atom is 0.301 e. The summed E-state index contributed by atoms with van der Waals surface area (Å²) in [7, 11) is -2.71. The van der Waals surface area contributed by atoms with Gasteiger partial charge in [0.2, 0.25) is 0 Å². The van der Waals surface area contributed by atoms with Gasteiger partial charge in [-0.15, -0.1) is 0 Å². The van der Waals surface area contributed by atoms with Crippen LogP contribution in [0, 0.1) is 21.0 Å². The minimum atomic E-state index is -4.15. The van der Waals surface area contributed by atoms with E-state index in [1.165, 1.54) is 19.2 Å². The van der Waals surface area contributed by atoms with Crippen LogP contribution in [-0.2, 0) is 14.9 Å². The topological polar surface area (TPSA) is 82.7 Å². The van der Waals surface area contributed by atoms with E-state index in [1.807, 2.05) is 29.5 Å². The molecule has 0 radical (unpaired) electrons. The maximum absolute atomic E-state index is 14.5. The van der Waals surface area contributed by atoms with Crippen LogP contribution in [0.1, 0.15) is 6.92 Å². The van der Waals surface area contributed by atoms with E-state index in [1.54, 1.807) is 6.07 Å². The summed E-state index contributed by atoms with van der Waals surface area (Å²) in [5, 5.41) is 5.48. The van der Waals surface area contributed by atoms with Gasteiger partial charge < -0.3 is 15.4 Å². The average Bonchev–Trinajstić information content (AvgIpc) is 2.71. The van der Waals surface area contributed by atoms with Crippen LogP contribution in [0.5, 0.6) is 0 Å². The Labute approximate surface area is 193 Å². The fraction of sp³-hybridized carbons (Fsp3) is 0.368. The number of likely N-dealkylation sites (N-methyl/N-ethyl adjacent to an activating group) is 1. The Bertz CT molecular complexity index is 996. The monoisotopic (exact) mass is 572 g/mol. The van der Waals surface area contributed by atoms with Crippen molar-refractivity contribution in [3.05, 3.63) is 51.4 Å². The number of nitrogens with one attached hydrogen (secondary N) is 3. The molecular formula is C19H24F3IN4O3S. The second-order valence-electron chi connectivity index (χ2n) is 6.39. The summed E-state index contributed by atoms with van der Waals surface area (Å²) < 4.78 is 77.4. The second kappa shape index (κ2) is 11.9. The second-order valence-corrected chi connectivity index (χ2v) is 9.30. The molecule has 0 unspecified atom stereocenters. The largest absolute Gasteiger partial charge is 0.383 e. The molecule has 2 aromatic rings. The van der Waals surface area contributed by atoms with Crippen LogP contribution in [0.25, 0.3) is 0 Å². The molecule has 12 heteroatoms. The molecule has 0 bridgehead atoms. The number of anilines is 3. The Morgan fingerprint density at radius 3 is 2.42 bits per heavy atom. The molecular weight excluding hydrogens is 548 g/mol. The average molecular weight is 572 g/mol. The van der Waals surface area contributed by atoms with Gasteiger partial charge in [0.25, 0.3) is 0 Å². The summed E-state index contributed by atoms with van der Waals surface area (Å²) in [5.74, 6) is -3.24. The number of hydrogen-bond acceptors (Lipinski definition) is 5. The summed E-state index contributed by atoms with van der Waals surface area (Å²) in [6.07, 6.45) is 0. The normalized spacial score (nSPS) is 11.7. The summed E-state index contributed by atoms with van der Waals surface area (Å²) in [4.78, 5) is 0. The fourth-order valence-corrected chi connectivity index (χ4v) is 4.29. The minimum absolute atomic E-state index is 0.0510. The van der Waals surface area contributed by atoms with E-state index in [0.717, 1.165) is 16.4 Å². The first kappa shape index (κ1) is 25.6. The molecule has 0 aliphatic rings. The minimum Gasteiger partial charge on any atom is -0.383 e. The van der Waals surface area contributed by atoms with Crippen LogP contribution in [0.15, 0.2) is 30.3 Å². The predicted molar refractivity (Wildman–Crippen MR) is 123 cm³/mol. The first-order valence-corrected chi connectivity index (χ1v) is 11.9. The molecule has 0 saturated heterocycles. The maximum atomic E-state index is 14.5. The number of rotatable bonds is 12. The van der Waals surface area contributed by atoms with E-state index in [4.69, 9.17) is 4.74 Å². The third-order valence-electron chi connectivity index (χ3n) is 4.20. The lowest BCUT2D eigenvalue weighted by Gasteiger charge is -2.24. The van der Waals surface area contributed by atoms with E-state index < -0.39 is 33.3 Å². The highest BCUT2D eigenvalue weighted by Crippen LogP contribution is 2.32. The van der Waals surface area contributed by atoms with Crippen molar-refractivity contribution in [3.63, 3.8) is 0 Å². The van der Waals surface area contributed by atoms with Gasteiger partial charge in [0, 0.05) is 30.3 Å². The molecule has 31 heavy (non-hydrogen) atoms. The Morgan fingerprint density at radius 1 is 1.06 bits per heavy atom. The van der Waals surface area contributed by atoms with Gasteiger partial charge in [0.15, 0.2) is 11.6 Å². The quantitative estimate of drug-likeness (QED) is 0.267. The smallest absolute Gasteiger partial charge is 0.301 e. The zero-order chi connectivity index (χ0) is 23.0. The van der Waals surface area contributed by atoms with Crippen LogP contribution in [0.2, 0.25) is 0 Å². The molecule has 0 fully saturated rings. The first-order valence-electron chi connectivity index (χ1n) is 9.37. The lowest BCUT2D eigenvalue weighted by Crippen LogP contribution is -2.42. The van der Waals surface area contributed by atoms with Crippen LogP contribution in [0.3, 0.4) is 0 Å². The third-order valence-corrected chi connectivity index (χ3v) is 6.39. The van der Waals surface area contributed by atoms with Crippen molar-refractivity contribution in [2.75, 3.05) is 49.9 Å². The van der Waals surface area contributed by atoms with Crippen molar-refractivity contribution in [1.29, 1.82) is 0 Å². The fourth-order valence-electron chi connectivity index (χ4n) is 2.61. The summed E-state index contributed by atoms with van der Waals surface area (Å²) in [6.45, 7) is 3.25. The van der Waals surface area contributed by atoms with Gasteiger partial charge in [-0.3, -0.25) is 4.72 Å². The van der Waals surface area contributed by atoms with Gasteiger partial charge >= 0.3 is 10.2 Å². The Balaban J connectivity index is 2.36. The molecule has 2 rings (SSSR count). The van der Waals surface area contributed by atoms with Gasteiger partial charge in [-0.25, -0.2) is 13.2 Å². The zero-order valence-electron chi connectivity index (χ0n) is 17.0. The first-order chi connectivity index (χ1) is 14.7. The highest BCUT2D eigenvalue weighted by Gasteiger charge is 2.25. The number of halogens is 4. The van der Waals surface area contributed by atoms with Gasteiger partial charge in [-0.2, -0.15) is 12.7 Å². The number of nitrogens with zero attached hydrogens (tertiary/aromatic N) is 1. The zero-order valence-corrected chi connectivity index (χ0v) is 20.0. The van der Waals surface area contributed by atoms with Gasteiger partial charge in [-0.1, -0.05) is 6.92 Å². The van der Waals surface area contributed by atoms with Gasteiger partial charge in [-0.05, 0) is 59.5 Å². The van der Waals surface area contributed by atoms with E-state index >= 15 is 0 Å². The number of ether oxygens (including phenoxy) is 1. The van der Waals surface area contributed by atoms with Gasteiger partial charge in [0.05, 0.1) is 18.0 Å². The van der Waals surface area contributed by atoms with E-state index in [0.29, 0.717) is 16.7 Å². The lowest BCUT2D eigenvalue weighted by atomic mass is 10.2. The molecule has 7 nitrogen and oxygen atoms in total. The summed E-state index contributed by atoms with van der Waals surface area (Å²) in [5.41, 5.74) is -0.918. The Hall–Kier alpha value is -1.61. The van der Waals surface area contributed by atoms with Crippen LogP contribution in [0.4, 0.5) is 30.2 Å². The van der Waals surface area contributed by atoms with E-state index in [2.05, 4.69) is 15.4 Å². The van der Waals surface area contributed by atoms with E-state index in [-0.39, 0.29) is 31.1 Å². The number of hydrogen-bond donors (Lipinski definition) is 3. The summed E-state index contributed by atoms with van der Waals surface area (Å²) in [6, 6.07) is 5.99. The Morgan fingerprint density at radius 2 is 1.77 bits per heavy atom. The highest BCUT2D eigenvalue weighted by molar-refractivity contribution is 14.1. The molecule has 0 atom stereocenters. The molecule has 0 aliphatic heterocycles. The van der Waals surface area contributed by atoms with Crippen LogP contribution < -0.4 is 15.4 Å². The summed E-state index contributed by atoms with van der Waals surface area (Å²) >= 11 is 1.91. The van der Waals surface area contributed by atoms with Crippen molar-refractivity contribution in [2.24, 2.45) is 0 Å². The molecule has 0 amide bonds. The van der Waals surface area contributed by atoms with Crippen molar-refractivity contribution in [1.82, 2.24) is 9.62 Å². The van der Waals surface area contributed by atoms with Gasteiger partial charge in [0.1, 0.15) is 11.5 Å². The number of methoxy groups -OCH3 is 1. The standard InChI is InChI=1S/C19H24F3IN4O3S/c1-3-24-8-9-27(10-11-30-2)31(28,29)26-17-7-5-14(20)18(22)19(17)25-16-6-4-13(23)12-15(16)21/h4-7,12,24-26H,3,8-11H2,1-2H3. The van der Waals surface area contributed by atoms with Crippen molar-refractivity contribution in [2.45, 2.75) is 6.92 Å². The third kappa shape index (κ3) is 7.20. The van der Waals surface area contributed by atoms with Crippen molar-refractivity contribution >= 4 is 49.9 Å². The van der Waals surface area contributed by atoms with Crippen molar-refractivity contribution in [3.8, 4) is 0 Å². The number of benzene rings is 2. The lowest BCUT2D eigenvalue weighted by molar-refractivity contribution is 0.179.